The molecule has 1 atom stereocenters. The number of halogens is 4. The molecule has 10 heteroatoms. The summed E-state index contributed by atoms with van der Waals surface area (Å²) >= 11 is 2.91. The van der Waals surface area contributed by atoms with Crippen molar-refractivity contribution in [3.05, 3.63) is 28.2 Å². The van der Waals surface area contributed by atoms with E-state index in [9.17, 15) is 26.4 Å². The molecule has 1 fully saturated rings. The van der Waals surface area contributed by atoms with Gasteiger partial charge in [0.25, 0.3) is 0 Å². The van der Waals surface area contributed by atoms with E-state index in [-0.39, 0.29) is 29.1 Å². The summed E-state index contributed by atoms with van der Waals surface area (Å²) in [5.41, 5.74) is -0.943. The second-order valence-corrected chi connectivity index (χ2v) is 8.36. The Labute approximate surface area is 152 Å². The van der Waals surface area contributed by atoms with Gasteiger partial charge in [0, 0.05) is 17.6 Å². The first-order valence-electron chi connectivity index (χ1n) is 7.61. The first kappa shape index (κ1) is 20.2. The maximum atomic E-state index is 12.8. The third kappa shape index (κ3) is 4.53. The summed E-state index contributed by atoms with van der Waals surface area (Å²) in [5, 5.41) is 0. The molecule has 2 rings (SSSR count). The Balaban J connectivity index is 2.28. The van der Waals surface area contributed by atoms with Crippen LogP contribution in [0.3, 0.4) is 0 Å². The average Bonchev–Trinajstić information content (AvgIpc) is 2.54. The van der Waals surface area contributed by atoms with Gasteiger partial charge in [-0.3, -0.25) is 4.79 Å². The van der Waals surface area contributed by atoms with Gasteiger partial charge in [0.1, 0.15) is 0 Å². The summed E-state index contributed by atoms with van der Waals surface area (Å²) < 4.78 is 69.6. The number of piperidine rings is 1. The van der Waals surface area contributed by atoms with E-state index in [1.54, 1.807) is 6.92 Å². The van der Waals surface area contributed by atoms with Crippen LogP contribution in [-0.4, -0.2) is 38.4 Å². The minimum atomic E-state index is -4.56. The van der Waals surface area contributed by atoms with Gasteiger partial charge in [0.2, 0.25) is 10.0 Å². The van der Waals surface area contributed by atoms with Crippen LogP contribution in [0.25, 0.3) is 0 Å². The lowest BCUT2D eigenvalue weighted by Gasteiger charge is -2.31. The Bertz CT molecular complexity index is 752. The molecule has 1 aromatic carbocycles. The largest absolute Gasteiger partial charge is 0.466 e. The number of hydrogen-bond donors (Lipinski definition) is 0. The Morgan fingerprint density at radius 2 is 2.08 bits per heavy atom. The van der Waals surface area contributed by atoms with Gasteiger partial charge in [-0.25, -0.2) is 8.42 Å². The van der Waals surface area contributed by atoms with Crippen molar-refractivity contribution in [2.75, 3.05) is 19.7 Å². The van der Waals surface area contributed by atoms with Gasteiger partial charge in [-0.15, -0.1) is 0 Å². The number of sulfonamides is 1. The average molecular weight is 444 g/mol. The van der Waals surface area contributed by atoms with Crippen LogP contribution in [-0.2, 0) is 25.7 Å². The van der Waals surface area contributed by atoms with E-state index >= 15 is 0 Å². The maximum Gasteiger partial charge on any atom is 0.416 e. The first-order chi connectivity index (χ1) is 11.6. The van der Waals surface area contributed by atoms with E-state index < -0.39 is 33.7 Å². The van der Waals surface area contributed by atoms with Crippen molar-refractivity contribution in [2.24, 2.45) is 5.92 Å². The predicted octanol–water partition coefficient (Wildman–Crippen LogP) is 3.43. The first-order valence-corrected chi connectivity index (χ1v) is 9.84. The molecule has 1 aromatic rings. The monoisotopic (exact) mass is 443 g/mol. The van der Waals surface area contributed by atoms with Gasteiger partial charge >= 0.3 is 12.1 Å². The van der Waals surface area contributed by atoms with E-state index in [1.165, 1.54) is 0 Å². The molecule has 25 heavy (non-hydrogen) atoms. The molecule has 0 aliphatic carbocycles. The second-order valence-electron chi connectivity index (χ2n) is 5.60. The third-order valence-electron chi connectivity index (χ3n) is 3.88. The summed E-state index contributed by atoms with van der Waals surface area (Å²) in [6.07, 6.45) is -3.58. The lowest BCUT2D eigenvalue weighted by atomic mass is 10.0. The van der Waals surface area contributed by atoms with Crippen LogP contribution in [0.5, 0.6) is 0 Å². The van der Waals surface area contributed by atoms with Crippen LogP contribution < -0.4 is 0 Å². The van der Waals surface area contributed by atoms with Crippen molar-refractivity contribution in [2.45, 2.75) is 30.8 Å². The van der Waals surface area contributed by atoms with Crippen molar-refractivity contribution in [3.63, 3.8) is 0 Å². The zero-order chi connectivity index (χ0) is 18.8. The lowest BCUT2D eigenvalue weighted by molar-refractivity contribution is -0.149. The van der Waals surface area contributed by atoms with Gasteiger partial charge in [-0.05, 0) is 53.9 Å². The zero-order valence-electron chi connectivity index (χ0n) is 13.3. The molecule has 0 spiro atoms. The van der Waals surface area contributed by atoms with Gasteiger partial charge in [0.05, 0.1) is 23.0 Å². The molecule has 0 radical (unpaired) electrons. The molecular formula is C15H17BrF3NO4S. The number of alkyl halides is 3. The molecule has 140 valence electrons. The lowest BCUT2D eigenvalue weighted by Crippen LogP contribution is -2.42. The molecular weight excluding hydrogens is 427 g/mol. The predicted molar refractivity (Wildman–Crippen MR) is 87.3 cm³/mol. The van der Waals surface area contributed by atoms with Crippen molar-refractivity contribution >= 4 is 31.9 Å². The normalized spacial score (nSPS) is 19.6. The van der Waals surface area contributed by atoms with Crippen molar-refractivity contribution in [1.82, 2.24) is 4.31 Å². The topological polar surface area (TPSA) is 63.7 Å². The van der Waals surface area contributed by atoms with Crippen LogP contribution in [0.15, 0.2) is 27.6 Å². The summed E-state index contributed by atoms with van der Waals surface area (Å²) in [4.78, 5) is 11.6. The number of nitrogens with zero attached hydrogens (tertiary/aromatic N) is 1. The number of rotatable bonds is 4. The molecule has 0 N–H and O–H groups in total. The summed E-state index contributed by atoms with van der Waals surface area (Å²) in [7, 11) is -4.03. The summed E-state index contributed by atoms with van der Waals surface area (Å²) in [5.74, 6) is -1.04. The molecule has 1 aliphatic heterocycles. The summed E-state index contributed by atoms with van der Waals surface area (Å²) in [6.45, 7) is 2.02. The van der Waals surface area contributed by atoms with Crippen molar-refractivity contribution in [1.29, 1.82) is 0 Å². The van der Waals surface area contributed by atoms with E-state index in [0.717, 1.165) is 22.5 Å². The van der Waals surface area contributed by atoms with Crippen molar-refractivity contribution < 1.29 is 31.1 Å². The van der Waals surface area contributed by atoms with Crippen LogP contribution in [0.2, 0.25) is 0 Å². The van der Waals surface area contributed by atoms with Gasteiger partial charge < -0.3 is 4.74 Å². The quantitative estimate of drug-likeness (QED) is 0.668. The third-order valence-corrected chi connectivity index (χ3v) is 6.72. The SMILES string of the molecule is CCOC(=O)C1CCCN(S(=O)(=O)c2ccc(C(F)(F)F)cc2Br)C1. The number of ether oxygens (including phenoxy) is 1. The smallest absolute Gasteiger partial charge is 0.416 e. The van der Waals surface area contributed by atoms with Gasteiger partial charge in [0.15, 0.2) is 0 Å². The van der Waals surface area contributed by atoms with Crippen LogP contribution >= 0.6 is 15.9 Å². The highest BCUT2D eigenvalue weighted by Crippen LogP contribution is 2.35. The molecule has 0 amide bonds. The molecule has 1 aliphatic rings. The Hall–Kier alpha value is -1.13. The highest BCUT2D eigenvalue weighted by molar-refractivity contribution is 9.10. The van der Waals surface area contributed by atoms with Crippen LogP contribution in [0.1, 0.15) is 25.3 Å². The van der Waals surface area contributed by atoms with Crippen LogP contribution in [0, 0.1) is 5.92 Å². The molecule has 0 aromatic heterocycles. The van der Waals surface area contributed by atoms with E-state index in [0.29, 0.717) is 12.8 Å². The summed E-state index contributed by atoms with van der Waals surface area (Å²) in [6, 6.07) is 2.39. The second kappa shape index (κ2) is 7.63. The maximum absolute atomic E-state index is 12.8. The highest BCUT2D eigenvalue weighted by Gasteiger charge is 2.36. The number of carbonyl (C=O) groups excluding carboxylic acids is 1. The number of benzene rings is 1. The Morgan fingerprint density at radius 3 is 2.64 bits per heavy atom. The molecule has 1 unspecified atom stereocenters. The Morgan fingerprint density at radius 1 is 1.40 bits per heavy atom. The van der Waals surface area contributed by atoms with Crippen LogP contribution in [0.4, 0.5) is 13.2 Å². The van der Waals surface area contributed by atoms with E-state index in [2.05, 4.69) is 15.9 Å². The Kier molecular flexibility index (Phi) is 6.16. The number of carbonyl (C=O) groups is 1. The number of esters is 1. The van der Waals surface area contributed by atoms with Crippen molar-refractivity contribution in [3.8, 4) is 0 Å². The highest BCUT2D eigenvalue weighted by atomic mass is 79.9. The molecule has 5 nitrogen and oxygen atoms in total. The van der Waals surface area contributed by atoms with Gasteiger partial charge in [-0.1, -0.05) is 0 Å². The van der Waals surface area contributed by atoms with Gasteiger partial charge in [-0.2, -0.15) is 17.5 Å². The van der Waals surface area contributed by atoms with E-state index in [4.69, 9.17) is 4.74 Å². The fourth-order valence-corrected chi connectivity index (χ4v) is 5.20. The molecule has 1 heterocycles. The standard InChI is InChI=1S/C15H17BrF3NO4S/c1-2-24-14(21)10-4-3-7-20(9-10)25(22,23)13-6-5-11(8-12(13)16)15(17,18)19/h5-6,8,10H,2-4,7,9H2,1H3. The fraction of sp³-hybridized carbons (Fsp3) is 0.533. The fourth-order valence-electron chi connectivity index (χ4n) is 2.64. The molecule has 1 saturated heterocycles. The molecule has 0 saturated carbocycles. The van der Waals surface area contributed by atoms with E-state index in [1.807, 2.05) is 0 Å². The zero-order valence-corrected chi connectivity index (χ0v) is 15.7. The minimum Gasteiger partial charge on any atom is -0.466 e. The number of hydrogen-bond acceptors (Lipinski definition) is 4. The minimum absolute atomic E-state index is 0.0470. The molecule has 0 bridgehead atoms.